The molecule has 0 saturated heterocycles. The predicted octanol–water partition coefficient (Wildman–Crippen LogP) is 4.78. The van der Waals surface area contributed by atoms with Crippen molar-refractivity contribution in [2.45, 2.75) is 31.3 Å². The number of ether oxygens (including phenoxy) is 1. The van der Waals surface area contributed by atoms with Gasteiger partial charge in [-0.3, -0.25) is 4.79 Å². The topological polar surface area (TPSA) is 81.0 Å². The summed E-state index contributed by atoms with van der Waals surface area (Å²) < 4.78 is 36.7. The van der Waals surface area contributed by atoms with Crippen molar-refractivity contribution in [3.8, 4) is 5.75 Å². The van der Waals surface area contributed by atoms with Crippen LogP contribution >= 0.6 is 11.3 Å². The maximum Gasteiger partial charge on any atom is 0.279 e. The van der Waals surface area contributed by atoms with Crippen molar-refractivity contribution >= 4 is 37.5 Å². The number of amides is 1. The molecule has 0 saturated carbocycles. The number of fused-ring (bicyclic) bond motifs is 2. The Balaban J connectivity index is 1.43. The van der Waals surface area contributed by atoms with Crippen LogP contribution in [0, 0.1) is 0 Å². The molecule has 37 heavy (non-hydrogen) atoms. The molecule has 9 heteroatoms. The minimum absolute atomic E-state index is 0.161. The standard InChI is InChI=1S/C28H27N3O4S2/c1-3-17-31-26-24(35-4-2)10-7-11-25(26)36-28(31)29-27(32)21-12-14-23(15-13-21)37(33,34)30-18-16-20-8-5-6-9-22(20)19-30/h3,5-15H,1,4,16-19H2,2H3. The number of benzene rings is 3. The maximum absolute atomic E-state index is 13.3. The summed E-state index contributed by atoms with van der Waals surface area (Å²) in [5, 5.41) is 0. The zero-order chi connectivity index (χ0) is 26.0. The Morgan fingerprint density at radius 3 is 2.57 bits per heavy atom. The lowest BCUT2D eigenvalue weighted by atomic mass is 10.0. The molecule has 7 nitrogen and oxygen atoms in total. The van der Waals surface area contributed by atoms with Gasteiger partial charge in [0.25, 0.3) is 5.91 Å². The minimum Gasteiger partial charge on any atom is -0.492 e. The highest BCUT2D eigenvalue weighted by Crippen LogP contribution is 2.28. The Kier molecular flexibility index (Phi) is 7.10. The van der Waals surface area contributed by atoms with Crippen molar-refractivity contribution in [3.63, 3.8) is 0 Å². The summed E-state index contributed by atoms with van der Waals surface area (Å²) in [7, 11) is -3.68. The van der Waals surface area contributed by atoms with E-state index in [1.54, 1.807) is 6.08 Å². The van der Waals surface area contributed by atoms with Crippen LogP contribution in [0.25, 0.3) is 10.2 Å². The average molecular weight is 534 g/mol. The van der Waals surface area contributed by atoms with Crippen LogP contribution < -0.4 is 9.54 Å². The van der Waals surface area contributed by atoms with E-state index in [0.717, 1.165) is 21.5 Å². The SMILES string of the molecule is C=CCn1c(=NC(=O)c2ccc(S(=O)(=O)N3CCc4ccccc4C3)cc2)sc2cccc(OCC)c21. The molecule has 4 aromatic rings. The van der Waals surface area contributed by atoms with Gasteiger partial charge in [-0.25, -0.2) is 8.42 Å². The summed E-state index contributed by atoms with van der Waals surface area (Å²) in [4.78, 5) is 18.1. The van der Waals surface area contributed by atoms with Crippen molar-refractivity contribution < 1.29 is 17.9 Å². The van der Waals surface area contributed by atoms with E-state index in [1.807, 2.05) is 54.0 Å². The fourth-order valence-corrected chi connectivity index (χ4v) is 6.97. The van der Waals surface area contributed by atoms with E-state index in [2.05, 4.69) is 11.6 Å². The molecule has 2 heterocycles. The van der Waals surface area contributed by atoms with Crippen LogP contribution in [-0.2, 0) is 29.5 Å². The summed E-state index contributed by atoms with van der Waals surface area (Å²) in [6, 6.07) is 19.7. The third-order valence-corrected chi connectivity index (χ3v) is 9.21. The second kappa shape index (κ2) is 10.5. The molecule has 0 N–H and O–H groups in total. The quantitative estimate of drug-likeness (QED) is 0.320. The van der Waals surface area contributed by atoms with Crippen LogP contribution in [0.4, 0.5) is 0 Å². The van der Waals surface area contributed by atoms with Crippen LogP contribution in [0.5, 0.6) is 5.75 Å². The number of nitrogens with zero attached hydrogens (tertiary/aromatic N) is 3. The maximum atomic E-state index is 13.3. The fourth-order valence-electron chi connectivity index (χ4n) is 4.50. The number of carbonyl (C=O) groups excluding carboxylic acids is 1. The number of sulfonamides is 1. The third-order valence-electron chi connectivity index (χ3n) is 6.31. The Hall–Kier alpha value is -3.53. The van der Waals surface area contributed by atoms with Gasteiger partial charge in [0.15, 0.2) is 4.80 Å². The summed E-state index contributed by atoms with van der Waals surface area (Å²) in [5.41, 5.74) is 3.38. The molecule has 1 aromatic heterocycles. The number of thiazole rings is 1. The molecule has 3 aromatic carbocycles. The second-order valence-electron chi connectivity index (χ2n) is 8.62. The summed E-state index contributed by atoms with van der Waals surface area (Å²) >= 11 is 1.39. The van der Waals surface area contributed by atoms with E-state index in [1.165, 1.54) is 45.5 Å². The summed E-state index contributed by atoms with van der Waals surface area (Å²) in [5.74, 6) is 0.278. The highest BCUT2D eigenvalue weighted by Gasteiger charge is 2.28. The van der Waals surface area contributed by atoms with E-state index < -0.39 is 15.9 Å². The molecule has 1 aliphatic heterocycles. The first-order valence-electron chi connectivity index (χ1n) is 12.0. The number of carbonyl (C=O) groups is 1. The van der Waals surface area contributed by atoms with Crippen LogP contribution in [0.1, 0.15) is 28.4 Å². The van der Waals surface area contributed by atoms with Crippen molar-refractivity contribution in [2.24, 2.45) is 4.99 Å². The van der Waals surface area contributed by atoms with Crippen LogP contribution in [-0.4, -0.2) is 36.3 Å². The molecule has 0 bridgehead atoms. The second-order valence-corrected chi connectivity index (χ2v) is 11.6. The molecule has 0 aliphatic carbocycles. The zero-order valence-corrected chi connectivity index (χ0v) is 22.1. The molecule has 0 radical (unpaired) electrons. The van der Waals surface area contributed by atoms with Gasteiger partial charge in [0, 0.05) is 25.2 Å². The molecule has 1 aliphatic rings. The Morgan fingerprint density at radius 2 is 1.84 bits per heavy atom. The van der Waals surface area contributed by atoms with Gasteiger partial charge in [-0.15, -0.1) is 6.58 Å². The van der Waals surface area contributed by atoms with Gasteiger partial charge in [-0.05, 0) is 60.9 Å². The van der Waals surface area contributed by atoms with E-state index in [9.17, 15) is 13.2 Å². The van der Waals surface area contributed by atoms with Gasteiger partial charge in [0.2, 0.25) is 10.0 Å². The molecule has 5 rings (SSSR count). The third kappa shape index (κ3) is 4.90. The van der Waals surface area contributed by atoms with Crippen molar-refractivity contribution in [1.82, 2.24) is 8.87 Å². The number of rotatable bonds is 7. The normalized spacial score (nSPS) is 14.5. The number of para-hydroxylation sites is 1. The fraction of sp³-hybridized carbons (Fsp3) is 0.214. The molecule has 0 fully saturated rings. The van der Waals surface area contributed by atoms with Crippen molar-refractivity contribution in [2.75, 3.05) is 13.2 Å². The van der Waals surface area contributed by atoms with Gasteiger partial charge < -0.3 is 9.30 Å². The number of allylic oxidation sites excluding steroid dienone is 1. The first kappa shape index (κ1) is 25.1. The molecular weight excluding hydrogens is 506 g/mol. The molecular formula is C28H27N3O4S2. The average Bonchev–Trinajstić information content (AvgIpc) is 3.26. The monoisotopic (exact) mass is 533 g/mol. The Morgan fingerprint density at radius 1 is 1.08 bits per heavy atom. The number of hydrogen-bond acceptors (Lipinski definition) is 5. The minimum atomic E-state index is -3.68. The van der Waals surface area contributed by atoms with Crippen LogP contribution in [0.15, 0.2) is 89.3 Å². The van der Waals surface area contributed by atoms with E-state index >= 15 is 0 Å². The molecule has 190 valence electrons. The molecule has 0 unspecified atom stereocenters. The van der Waals surface area contributed by atoms with Crippen LogP contribution in [0.2, 0.25) is 0 Å². The molecule has 1 amide bonds. The number of hydrogen-bond donors (Lipinski definition) is 0. The van der Waals surface area contributed by atoms with Gasteiger partial charge in [0.05, 0.1) is 16.2 Å². The smallest absolute Gasteiger partial charge is 0.279 e. The predicted molar refractivity (Wildman–Crippen MR) is 145 cm³/mol. The highest BCUT2D eigenvalue weighted by molar-refractivity contribution is 7.89. The lowest BCUT2D eigenvalue weighted by Gasteiger charge is -2.28. The van der Waals surface area contributed by atoms with E-state index in [4.69, 9.17) is 4.74 Å². The van der Waals surface area contributed by atoms with Crippen LogP contribution in [0.3, 0.4) is 0 Å². The lowest BCUT2D eigenvalue weighted by Crippen LogP contribution is -2.35. The van der Waals surface area contributed by atoms with E-state index in [-0.39, 0.29) is 4.90 Å². The molecule has 0 atom stereocenters. The first-order valence-corrected chi connectivity index (χ1v) is 14.3. The Labute approximate surface area is 220 Å². The van der Waals surface area contributed by atoms with Gasteiger partial charge in [-0.2, -0.15) is 9.30 Å². The van der Waals surface area contributed by atoms with Gasteiger partial charge in [-0.1, -0.05) is 47.7 Å². The number of aromatic nitrogens is 1. The van der Waals surface area contributed by atoms with Crippen molar-refractivity contribution in [1.29, 1.82) is 0 Å². The van der Waals surface area contributed by atoms with Crippen molar-refractivity contribution in [3.05, 3.63) is 101 Å². The largest absolute Gasteiger partial charge is 0.492 e. The lowest BCUT2D eigenvalue weighted by molar-refractivity contribution is 0.0997. The molecule has 0 spiro atoms. The first-order chi connectivity index (χ1) is 17.9. The van der Waals surface area contributed by atoms with E-state index in [0.29, 0.717) is 43.0 Å². The summed E-state index contributed by atoms with van der Waals surface area (Å²) in [6.07, 6.45) is 2.42. The zero-order valence-electron chi connectivity index (χ0n) is 20.5. The summed E-state index contributed by atoms with van der Waals surface area (Å²) in [6.45, 7) is 7.51. The van der Waals surface area contributed by atoms with Gasteiger partial charge in [0.1, 0.15) is 11.3 Å². The van der Waals surface area contributed by atoms with Gasteiger partial charge >= 0.3 is 0 Å². The highest BCUT2D eigenvalue weighted by atomic mass is 32.2. The Bertz CT molecular complexity index is 1650.